The molecule has 0 atom stereocenters. The van der Waals surface area contributed by atoms with E-state index in [4.69, 9.17) is 11.6 Å². The van der Waals surface area contributed by atoms with Gasteiger partial charge in [-0.05, 0) is 25.1 Å². The van der Waals surface area contributed by atoms with Crippen molar-refractivity contribution in [3.63, 3.8) is 0 Å². The molecule has 0 aliphatic carbocycles. The molecule has 20 heavy (non-hydrogen) atoms. The van der Waals surface area contributed by atoms with Crippen LogP contribution >= 0.6 is 38.9 Å². The molecule has 1 aromatic carbocycles. The molecule has 0 saturated heterocycles. The third-order valence-corrected chi connectivity index (χ3v) is 4.59. The van der Waals surface area contributed by atoms with E-state index in [0.29, 0.717) is 10.7 Å². The summed E-state index contributed by atoms with van der Waals surface area (Å²) in [7, 11) is 1.64. The van der Waals surface area contributed by atoms with Crippen LogP contribution < -0.4 is 9.77 Å². The van der Waals surface area contributed by atoms with Gasteiger partial charge >= 0.3 is 4.87 Å². The monoisotopic (exact) mass is 374 g/mol. The van der Waals surface area contributed by atoms with Gasteiger partial charge in [0.15, 0.2) is 0 Å². The molecule has 106 valence electrons. The number of carbonyl (C=O) groups is 1. The molecule has 2 aromatic rings. The number of anilines is 1. The average Bonchev–Trinajstić information content (AvgIpc) is 2.70. The first-order valence-electron chi connectivity index (χ1n) is 5.76. The second-order valence-electron chi connectivity index (χ2n) is 4.28. The Balaban J connectivity index is 2.23. The number of hydrogen-bond acceptors (Lipinski definition) is 3. The number of aryl methyl sites for hydroxylation is 1. The molecule has 0 spiro atoms. The van der Waals surface area contributed by atoms with Gasteiger partial charge in [0.1, 0.15) is 6.54 Å². The summed E-state index contributed by atoms with van der Waals surface area (Å²) < 4.78 is 2.30. The van der Waals surface area contributed by atoms with Crippen LogP contribution in [0.15, 0.2) is 32.8 Å². The van der Waals surface area contributed by atoms with E-state index in [1.807, 2.05) is 6.07 Å². The predicted octanol–water partition coefficient (Wildman–Crippen LogP) is 3.30. The number of nitrogens with zero attached hydrogens (tertiary/aromatic N) is 2. The smallest absolute Gasteiger partial charge is 0.307 e. The maximum Gasteiger partial charge on any atom is 0.307 e. The van der Waals surface area contributed by atoms with E-state index >= 15 is 0 Å². The van der Waals surface area contributed by atoms with E-state index in [1.54, 1.807) is 31.5 Å². The molecule has 0 radical (unpaired) electrons. The van der Waals surface area contributed by atoms with Crippen molar-refractivity contribution in [3.8, 4) is 0 Å². The van der Waals surface area contributed by atoms with Crippen LogP contribution in [0.25, 0.3) is 0 Å². The number of aromatic nitrogens is 1. The second kappa shape index (κ2) is 6.11. The molecule has 0 saturated carbocycles. The molecule has 7 heteroatoms. The summed E-state index contributed by atoms with van der Waals surface area (Å²) in [5.74, 6) is -0.196. The van der Waals surface area contributed by atoms with E-state index < -0.39 is 0 Å². The van der Waals surface area contributed by atoms with Gasteiger partial charge in [0, 0.05) is 22.6 Å². The summed E-state index contributed by atoms with van der Waals surface area (Å²) >= 11 is 10.5. The Morgan fingerprint density at radius 2 is 2.20 bits per heavy atom. The number of halogens is 2. The minimum atomic E-state index is -0.196. The Bertz CT molecular complexity index is 711. The lowest BCUT2D eigenvalue weighted by molar-refractivity contribution is -0.118. The topological polar surface area (TPSA) is 42.3 Å². The molecule has 1 aromatic heterocycles. The zero-order valence-electron chi connectivity index (χ0n) is 10.9. The van der Waals surface area contributed by atoms with Crippen LogP contribution in [-0.2, 0) is 11.3 Å². The molecule has 1 amide bonds. The molecule has 0 bridgehead atoms. The molecule has 0 aliphatic heterocycles. The lowest BCUT2D eigenvalue weighted by Gasteiger charge is -2.19. The van der Waals surface area contributed by atoms with Gasteiger partial charge in [0.2, 0.25) is 5.91 Å². The zero-order chi connectivity index (χ0) is 14.9. The van der Waals surface area contributed by atoms with Gasteiger partial charge in [-0.3, -0.25) is 14.2 Å². The summed E-state index contributed by atoms with van der Waals surface area (Å²) in [4.78, 5) is 25.2. The van der Waals surface area contributed by atoms with Crippen LogP contribution in [0.4, 0.5) is 5.69 Å². The normalized spacial score (nSPS) is 10.6. The maximum absolute atomic E-state index is 12.3. The lowest BCUT2D eigenvalue weighted by Crippen LogP contribution is -2.33. The minimum Gasteiger partial charge on any atom is -0.312 e. The molecule has 0 aliphatic rings. The van der Waals surface area contributed by atoms with E-state index in [-0.39, 0.29) is 17.3 Å². The average molecular weight is 376 g/mol. The highest BCUT2D eigenvalue weighted by Crippen LogP contribution is 2.28. The Hall–Kier alpha value is -1.11. The Kier molecular flexibility index (Phi) is 4.67. The summed E-state index contributed by atoms with van der Waals surface area (Å²) in [6.45, 7) is 1.81. The highest BCUT2D eigenvalue weighted by Gasteiger charge is 2.16. The van der Waals surface area contributed by atoms with E-state index in [0.717, 1.165) is 21.5 Å². The maximum atomic E-state index is 12.3. The van der Waals surface area contributed by atoms with Crippen molar-refractivity contribution in [2.45, 2.75) is 13.5 Å². The van der Waals surface area contributed by atoms with Crippen molar-refractivity contribution in [1.29, 1.82) is 0 Å². The molecule has 4 nitrogen and oxygen atoms in total. The van der Waals surface area contributed by atoms with Gasteiger partial charge in [-0.2, -0.15) is 0 Å². The van der Waals surface area contributed by atoms with Gasteiger partial charge in [0.25, 0.3) is 0 Å². The largest absolute Gasteiger partial charge is 0.312 e. The van der Waals surface area contributed by atoms with Crippen LogP contribution in [-0.4, -0.2) is 17.5 Å². The number of rotatable bonds is 3. The first-order chi connectivity index (χ1) is 9.40. The van der Waals surface area contributed by atoms with E-state index in [2.05, 4.69) is 15.9 Å². The van der Waals surface area contributed by atoms with Crippen LogP contribution in [0, 0.1) is 6.92 Å². The summed E-state index contributed by atoms with van der Waals surface area (Å²) in [6, 6.07) is 5.29. The Morgan fingerprint density at radius 1 is 1.50 bits per heavy atom. The van der Waals surface area contributed by atoms with Crippen LogP contribution in [0.2, 0.25) is 5.02 Å². The standard InChI is InChI=1S/C13H12BrClN2O2S/c1-8-7-20-13(19)17(8)6-12(18)16(2)11-4-3-9(14)5-10(11)15/h3-5,7H,6H2,1-2H3. The zero-order valence-corrected chi connectivity index (χ0v) is 14.1. The van der Waals surface area contributed by atoms with E-state index in [9.17, 15) is 9.59 Å². The quantitative estimate of drug-likeness (QED) is 0.826. The van der Waals surface area contributed by atoms with Crippen LogP contribution in [0.3, 0.4) is 0 Å². The molecule has 1 heterocycles. The number of amides is 1. The Morgan fingerprint density at radius 3 is 2.75 bits per heavy atom. The molecule has 0 fully saturated rings. The molecule has 2 rings (SSSR count). The molecule has 0 N–H and O–H groups in total. The molecular formula is C13H12BrClN2O2S. The number of benzene rings is 1. The fourth-order valence-electron chi connectivity index (χ4n) is 1.73. The van der Waals surface area contributed by atoms with Crippen molar-refractivity contribution >= 4 is 50.5 Å². The lowest BCUT2D eigenvalue weighted by atomic mass is 10.3. The van der Waals surface area contributed by atoms with Crippen molar-refractivity contribution in [3.05, 3.63) is 48.4 Å². The van der Waals surface area contributed by atoms with Crippen molar-refractivity contribution in [2.24, 2.45) is 0 Å². The van der Waals surface area contributed by atoms with Crippen molar-refractivity contribution in [2.75, 3.05) is 11.9 Å². The molecular weight excluding hydrogens is 364 g/mol. The number of hydrogen-bond donors (Lipinski definition) is 0. The minimum absolute atomic E-state index is 0.0110. The Labute approximate surface area is 133 Å². The van der Waals surface area contributed by atoms with Crippen LogP contribution in [0.1, 0.15) is 5.69 Å². The summed E-state index contributed by atoms with van der Waals surface area (Å²) in [5.41, 5.74) is 1.39. The van der Waals surface area contributed by atoms with Crippen LogP contribution in [0.5, 0.6) is 0 Å². The number of carbonyl (C=O) groups excluding carboxylic acids is 1. The SMILES string of the molecule is Cc1csc(=O)n1CC(=O)N(C)c1ccc(Br)cc1Cl. The number of likely N-dealkylation sites (N-methyl/N-ethyl adjacent to an activating group) is 1. The van der Waals surface area contributed by atoms with E-state index in [1.165, 1.54) is 9.47 Å². The number of thiazole rings is 1. The second-order valence-corrected chi connectivity index (χ2v) is 6.42. The van der Waals surface area contributed by atoms with Crippen molar-refractivity contribution < 1.29 is 4.79 Å². The predicted molar refractivity (Wildman–Crippen MR) is 85.9 cm³/mol. The summed E-state index contributed by atoms with van der Waals surface area (Å²) in [5, 5.41) is 2.21. The third kappa shape index (κ3) is 3.13. The third-order valence-electron chi connectivity index (χ3n) is 2.91. The van der Waals surface area contributed by atoms with Gasteiger partial charge in [0.05, 0.1) is 10.7 Å². The first kappa shape index (κ1) is 15.3. The fourth-order valence-corrected chi connectivity index (χ4v) is 3.26. The van der Waals surface area contributed by atoms with Gasteiger partial charge in [-0.1, -0.05) is 38.9 Å². The highest BCUT2D eigenvalue weighted by atomic mass is 79.9. The van der Waals surface area contributed by atoms with Gasteiger partial charge in [-0.25, -0.2) is 0 Å². The highest BCUT2D eigenvalue weighted by molar-refractivity contribution is 9.10. The summed E-state index contributed by atoms with van der Waals surface area (Å²) in [6.07, 6.45) is 0. The van der Waals surface area contributed by atoms with Gasteiger partial charge < -0.3 is 4.90 Å². The van der Waals surface area contributed by atoms with Crippen molar-refractivity contribution in [1.82, 2.24) is 4.57 Å². The fraction of sp³-hybridized carbons (Fsp3) is 0.231. The molecule has 0 unspecified atom stereocenters. The van der Waals surface area contributed by atoms with Gasteiger partial charge in [-0.15, -0.1) is 0 Å². The first-order valence-corrected chi connectivity index (χ1v) is 7.81.